The molecule has 112 valence electrons. The lowest BCUT2D eigenvalue weighted by Crippen LogP contribution is -2.17. The number of hydrogen-bond donors (Lipinski definition) is 3. The highest BCUT2D eigenvalue weighted by Gasteiger charge is 2.29. The molecule has 2 aromatic rings. The van der Waals surface area contributed by atoms with Crippen LogP contribution >= 0.6 is 0 Å². The topological polar surface area (TPSA) is 145 Å². The van der Waals surface area contributed by atoms with Gasteiger partial charge in [0.05, 0.1) is 4.92 Å². The first-order chi connectivity index (χ1) is 9.85. The van der Waals surface area contributed by atoms with Gasteiger partial charge in [-0.05, 0) is 12.1 Å². The van der Waals surface area contributed by atoms with Crippen LogP contribution in [0.25, 0.3) is 0 Å². The number of nitro groups is 1. The van der Waals surface area contributed by atoms with Crippen LogP contribution in [0.4, 0.5) is 17.2 Å². The average Bonchev–Trinajstić information content (AvgIpc) is 2.82. The van der Waals surface area contributed by atoms with Gasteiger partial charge in [-0.15, -0.1) is 0 Å². The molecule has 4 N–H and O–H groups in total. The number of rotatable bonds is 5. The van der Waals surface area contributed by atoms with E-state index in [0.717, 1.165) is 6.07 Å². The zero-order chi connectivity index (χ0) is 15.6. The Bertz CT molecular complexity index is 785. The number of nitrogen functional groups attached to an aromatic ring is 1. The molecule has 0 aliphatic rings. The number of anilines is 2. The number of hydrazine groups is 1. The van der Waals surface area contributed by atoms with Crippen molar-refractivity contribution in [2.75, 3.05) is 10.1 Å². The second-order valence-corrected chi connectivity index (χ2v) is 5.68. The molecule has 0 amide bonds. The number of nitrogens with two attached hydrogens (primary N) is 1. The van der Waals surface area contributed by atoms with Crippen molar-refractivity contribution in [3.63, 3.8) is 0 Å². The van der Waals surface area contributed by atoms with E-state index in [0.29, 0.717) is 0 Å². The van der Waals surface area contributed by atoms with E-state index in [1.54, 1.807) is 7.05 Å². The molecule has 21 heavy (non-hydrogen) atoms. The minimum absolute atomic E-state index is 0.0536. The maximum Gasteiger partial charge on any atom is 0.314 e. The first kappa shape index (κ1) is 14.7. The molecule has 1 heterocycles. The van der Waals surface area contributed by atoms with Crippen LogP contribution in [0.5, 0.6) is 0 Å². The predicted octanol–water partition coefficient (Wildman–Crippen LogP) is 0.415. The number of para-hydroxylation sites is 1. The standard InChI is InChI=1S/C10H12N6O4S/c1-15-6-5-9(13-15)14-21(19,20)8-4-2-3-7(12-11)10(8)16(17)18/h2-6,12H,11H2,1H3,(H,13,14). The van der Waals surface area contributed by atoms with E-state index in [1.165, 1.54) is 29.1 Å². The van der Waals surface area contributed by atoms with Gasteiger partial charge in [0.1, 0.15) is 5.69 Å². The largest absolute Gasteiger partial charge is 0.318 e. The molecule has 10 nitrogen and oxygen atoms in total. The Labute approximate surface area is 119 Å². The molecule has 0 unspecified atom stereocenters. The zero-order valence-electron chi connectivity index (χ0n) is 10.8. The first-order valence-electron chi connectivity index (χ1n) is 5.61. The molecule has 0 fully saturated rings. The fourth-order valence-corrected chi connectivity index (χ4v) is 2.90. The van der Waals surface area contributed by atoms with Crippen LogP contribution in [0.1, 0.15) is 0 Å². The normalized spacial score (nSPS) is 11.1. The highest BCUT2D eigenvalue weighted by molar-refractivity contribution is 7.92. The number of nitrogens with zero attached hydrogens (tertiary/aromatic N) is 3. The van der Waals surface area contributed by atoms with Gasteiger partial charge in [0.25, 0.3) is 10.0 Å². The summed E-state index contributed by atoms with van der Waals surface area (Å²) in [4.78, 5) is 9.78. The van der Waals surface area contributed by atoms with Crippen LogP contribution in [0.3, 0.4) is 0 Å². The van der Waals surface area contributed by atoms with E-state index in [1.807, 2.05) is 0 Å². The second kappa shape index (κ2) is 5.38. The van der Waals surface area contributed by atoms with Crippen LogP contribution in [0.15, 0.2) is 35.4 Å². The summed E-state index contributed by atoms with van der Waals surface area (Å²) in [5, 5.41) is 15.0. The molecule has 2 rings (SSSR count). The SMILES string of the molecule is Cn1ccc(NS(=O)(=O)c2cccc(NN)c2[N+](=O)[O-])n1. The summed E-state index contributed by atoms with van der Waals surface area (Å²) in [5.41, 5.74) is 1.36. The Morgan fingerprint density at radius 3 is 2.62 bits per heavy atom. The number of aryl methyl sites for hydroxylation is 1. The average molecular weight is 312 g/mol. The number of nitro benzene ring substituents is 1. The molecule has 1 aromatic carbocycles. The summed E-state index contributed by atoms with van der Waals surface area (Å²) in [6.07, 6.45) is 1.53. The summed E-state index contributed by atoms with van der Waals surface area (Å²) in [5.74, 6) is 5.22. The molecule has 0 radical (unpaired) electrons. The van der Waals surface area contributed by atoms with Gasteiger partial charge < -0.3 is 5.43 Å². The van der Waals surface area contributed by atoms with Crippen molar-refractivity contribution in [3.8, 4) is 0 Å². The number of sulfonamides is 1. The van der Waals surface area contributed by atoms with Gasteiger partial charge in [-0.3, -0.25) is 25.4 Å². The van der Waals surface area contributed by atoms with Crippen LogP contribution in [0.2, 0.25) is 0 Å². The highest BCUT2D eigenvalue weighted by Crippen LogP contribution is 2.32. The summed E-state index contributed by atoms with van der Waals surface area (Å²) in [6.45, 7) is 0. The number of nitrogens with one attached hydrogen (secondary N) is 2. The van der Waals surface area contributed by atoms with Gasteiger partial charge in [0.15, 0.2) is 10.7 Å². The maximum atomic E-state index is 12.3. The molecule has 1 aromatic heterocycles. The van der Waals surface area contributed by atoms with Gasteiger partial charge in [0, 0.05) is 19.3 Å². The third-order valence-corrected chi connectivity index (χ3v) is 3.97. The zero-order valence-corrected chi connectivity index (χ0v) is 11.7. The van der Waals surface area contributed by atoms with E-state index in [-0.39, 0.29) is 11.5 Å². The lowest BCUT2D eigenvalue weighted by Gasteiger charge is -2.08. The maximum absolute atomic E-state index is 12.3. The third-order valence-electron chi connectivity index (χ3n) is 2.58. The van der Waals surface area contributed by atoms with Crippen molar-refractivity contribution < 1.29 is 13.3 Å². The van der Waals surface area contributed by atoms with Crippen molar-refractivity contribution in [3.05, 3.63) is 40.6 Å². The van der Waals surface area contributed by atoms with E-state index >= 15 is 0 Å². The number of aromatic nitrogens is 2. The minimum Gasteiger partial charge on any atom is -0.318 e. The lowest BCUT2D eigenvalue weighted by molar-refractivity contribution is -0.386. The summed E-state index contributed by atoms with van der Waals surface area (Å²) in [7, 11) is -2.56. The Balaban J connectivity index is 2.52. The van der Waals surface area contributed by atoms with Gasteiger partial charge in [0.2, 0.25) is 0 Å². The fraction of sp³-hybridized carbons (Fsp3) is 0.100. The van der Waals surface area contributed by atoms with Gasteiger partial charge in [-0.25, -0.2) is 8.42 Å². The van der Waals surface area contributed by atoms with E-state index in [4.69, 9.17) is 5.84 Å². The predicted molar refractivity (Wildman–Crippen MR) is 74.9 cm³/mol. The van der Waals surface area contributed by atoms with Gasteiger partial charge >= 0.3 is 5.69 Å². The van der Waals surface area contributed by atoms with Crippen molar-refractivity contribution >= 4 is 27.2 Å². The van der Waals surface area contributed by atoms with Crippen LogP contribution in [0, 0.1) is 10.1 Å². The van der Waals surface area contributed by atoms with Crippen molar-refractivity contribution in [1.82, 2.24) is 9.78 Å². The molecule has 0 atom stereocenters. The molecule has 0 bridgehead atoms. The minimum atomic E-state index is -4.17. The Morgan fingerprint density at radius 1 is 1.38 bits per heavy atom. The second-order valence-electron chi connectivity index (χ2n) is 4.03. The molecular weight excluding hydrogens is 300 g/mol. The number of hydrogen-bond acceptors (Lipinski definition) is 7. The Kier molecular flexibility index (Phi) is 3.78. The molecule has 0 aliphatic carbocycles. The smallest absolute Gasteiger partial charge is 0.314 e. The fourth-order valence-electron chi connectivity index (χ4n) is 1.71. The molecule has 0 aliphatic heterocycles. The van der Waals surface area contributed by atoms with E-state index in [9.17, 15) is 18.5 Å². The quantitative estimate of drug-likeness (QED) is 0.412. The van der Waals surface area contributed by atoms with Crippen molar-refractivity contribution in [1.29, 1.82) is 0 Å². The lowest BCUT2D eigenvalue weighted by atomic mass is 10.3. The highest BCUT2D eigenvalue weighted by atomic mass is 32.2. The van der Waals surface area contributed by atoms with Crippen LogP contribution in [-0.4, -0.2) is 23.1 Å². The Hall–Kier alpha value is -2.66. The van der Waals surface area contributed by atoms with Crippen molar-refractivity contribution in [2.24, 2.45) is 12.9 Å². The van der Waals surface area contributed by atoms with Crippen LogP contribution in [-0.2, 0) is 17.1 Å². The third kappa shape index (κ3) is 2.93. The van der Waals surface area contributed by atoms with E-state index < -0.39 is 25.5 Å². The molecule has 0 spiro atoms. The van der Waals surface area contributed by atoms with Crippen LogP contribution < -0.4 is 16.0 Å². The van der Waals surface area contributed by atoms with Gasteiger partial charge in [-0.2, -0.15) is 5.10 Å². The van der Waals surface area contributed by atoms with Crippen molar-refractivity contribution in [2.45, 2.75) is 4.90 Å². The Morgan fingerprint density at radius 2 is 2.10 bits per heavy atom. The van der Waals surface area contributed by atoms with Gasteiger partial charge in [-0.1, -0.05) is 6.07 Å². The summed E-state index contributed by atoms with van der Waals surface area (Å²) < 4.78 is 28.1. The number of benzene rings is 1. The molecular formula is C10H12N6O4S. The molecule has 11 heteroatoms. The van der Waals surface area contributed by atoms with E-state index in [2.05, 4.69) is 15.2 Å². The monoisotopic (exact) mass is 312 g/mol. The summed E-state index contributed by atoms with van der Waals surface area (Å²) >= 11 is 0. The first-order valence-corrected chi connectivity index (χ1v) is 7.10. The molecule has 0 saturated heterocycles. The summed E-state index contributed by atoms with van der Waals surface area (Å²) in [6, 6.07) is 5.19. The molecule has 0 saturated carbocycles.